The highest BCUT2D eigenvalue weighted by molar-refractivity contribution is 6.33. The van der Waals surface area contributed by atoms with E-state index in [0.717, 1.165) is 18.1 Å². The lowest BCUT2D eigenvalue weighted by Gasteiger charge is -2.33. The quantitative estimate of drug-likeness (QED) is 0.855. The third-order valence-corrected chi connectivity index (χ3v) is 4.54. The van der Waals surface area contributed by atoms with Gasteiger partial charge in [-0.15, -0.1) is 0 Å². The molecule has 1 heterocycles. The SMILES string of the molecule is CC(C)C1CCCN1c1c(Cl)cccc1CNC(C)(C)C. The van der Waals surface area contributed by atoms with E-state index in [0.29, 0.717) is 12.0 Å². The summed E-state index contributed by atoms with van der Waals surface area (Å²) in [5, 5.41) is 4.47. The highest BCUT2D eigenvalue weighted by atomic mass is 35.5. The summed E-state index contributed by atoms with van der Waals surface area (Å²) in [6.07, 6.45) is 2.54. The van der Waals surface area contributed by atoms with Gasteiger partial charge in [0.25, 0.3) is 0 Å². The Morgan fingerprint density at radius 2 is 2.05 bits per heavy atom. The molecule has 1 atom stereocenters. The van der Waals surface area contributed by atoms with Crippen LogP contribution in [0.5, 0.6) is 0 Å². The number of nitrogens with one attached hydrogen (secondary N) is 1. The van der Waals surface area contributed by atoms with Gasteiger partial charge in [0.15, 0.2) is 0 Å². The van der Waals surface area contributed by atoms with Crippen LogP contribution in [0.25, 0.3) is 0 Å². The Morgan fingerprint density at radius 1 is 1.33 bits per heavy atom. The van der Waals surface area contributed by atoms with Crippen LogP contribution in [0.15, 0.2) is 18.2 Å². The van der Waals surface area contributed by atoms with E-state index in [1.807, 2.05) is 6.07 Å². The van der Waals surface area contributed by atoms with Crippen molar-refractivity contribution in [3.63, 3.8) is 0 Å². The molecule has 1 unspecified atom stereocenters. The molecule has 1 aromatic carbocycles. The molecule has 118 valence electrons. The summed E-state index contributed by atoms with van der Waals surface area (Å²) in [5.41, 5.74) is 2.67. The lowest BCUT2D eigenvalue weighted by molar-refractivity contribution is 0.423. The average Bonchev–Trinajstić information content (AvgIpc) is 2.84. The number of halogens is 1. The van der Waals surface area contributed by atoms with E-state index in [1.165, 1.54) is 24.1 Å². The van der Waals surface area contributed by atoms with Crippen molar-refractivity contribution in [2.75, 3.05) is 11.4 Å². The fraction of sp³-hybridized carbons (Fsp3) is 0.667. The maximum atomic E-state index is 6.56. The molecule has 1 aliphatic heterocycles. The van der Waals surface area contributed by atoms with E-state index in [2.05, 4.69) is 57.0 Å². The minimum Gasteiger partial charge on any atom is -0.367 e. The maximum absolute atomic E-state index is 6.56. The van der Waals surface area contributed by atoms with Crippen molar-refractivity contribution in [1.29, 1.82) is 0 Å². The van der Waals surface area contributed by atoms with Gasteiger partial charge >= 0.3 is 0 Å². The second-order valence-electron chi connectivity index (χ2n) is 7.50. The molecule has 1 aromatic rings. The maximum Gasteiger partial charge on any atom is 0.0643 e. The first-order valence-electron chi connectivity index (χ1n) is 8.08. The first kappa shape index (κ1) is 16.6. The minimum atomic E-state index is 0.113. The zero-order valence-corrected chi connectivity index (χ0v) is 14.8. The Balaban J connectivity index is 2.29. The molecule has 2 rings (SSSR count). The predicted octanol–water partition coefficient (Wildman–Crippen LogP) is 4.85. The van der Waals surface area contributed by atoms with Gasteiger partial charge in [-0.1, -0.05) is 37.6 Å². The van der Waals surface area contributed by atoms with Gasteiger partial charge in [-0.05, 0) is 51.2 Å². The van der Waals surface area contributed by atoms with Gasteiger partial charge in [0, 0.05) is 24.7 Å². The Kier molecular flexibility index (Phi) is 5.21. The van der Waals surface area contributed by atoms with Crippen LogP contribution >= 0.6 is 11.6 Å². The first-order chi connectivity index (χ1) is 9.79. The summed E-state index contributed by atoms with van der Waals surface area (Å²) in [5.74, 6) is 0.659. The zero-order chi connectivity index (χ0) is 15.6. The summed E-state index contributed by atoms with van der Waals surface area (Å²) in [4.78, 5) is 2.53. The molecule has 1 N–H and O–H groups in total. The number of para-hydroxylation sites is 1. The van der Waals surface area contributed by atoms with Gasteiger partial charge < -0.3 is 10.2 Å². The van der Waals surface area contributed by atoms with E-state index in [1.54, 1.807) is 0 Å². The second-order valence-corrected chi connectivity index (χ2v) is 7.91. The van der Waals surface area contributed by atoms with Crippen LogP contribution in [-0.2, 0) is 6.54 Å². The summed E-state index contributed by atoms with van der Waals surface area (Å²) >= 11 is 6.56. The molecular formula is C18H29ClN2. The largest absolute Gasteiger partial charge is 0.367 e. The van der Waals surface area contributed by atoms with Gasteiger partial charge in [0.2, 0.25) is 0 Å². The van der Waals surface area contributed by atoms with E-state index < -0.39 is 0 Å². The van der Waals surface area contributed by atoms with Gasteiger partial charge in [-0.25, -0.2) is 0 Å². The highest BCUT2D eigenvalue weighted by Gasteiger charge is 2.30. The number of hydrogen-bond donors (Lipinski definition) is 1. The zero-order valence-electron chi connectivity index (χ0n) is 14.0. The minimum absolute atomic E-state index is 0.113. The van der Waals surface area contributed by atoms with Crippen LogP contribution in [0.1, 0.15) is 53.0 Å². The van der Waals surface area contributed by atoms with Crippen LogP contribution in [0.4, 0.5) is 5.69 Å². The number of rotatable bonds is 4. The van der Waals surface area contributed by atoms with Crippen molar-refractivity contribution in [3.8, 4) is 0 Å². The van der Waals surface area contributed by atoms with Crippen molar-refractivity contribution in [3.05, 3.63) is 28.8 Å². The van der Waals surface area contributed by atoms with Crippen LogP contribution in [0, 0.1) is 5.92 Å². The fourth-order valence-electron chi connectivity index (χ4n) is 3.15. The lowest BCUT2D eigenvalue weighted by Crippen LogP contribution is -2.37. The van der Waals surface area contributed by atoms with E-state index in [-0.39, 0.29) is 5.54 Å². The summed E-state index contributed by atoms with van der Waals surface area (Å²) in [6.45, 7) is 13.2. The number of hydrogen-bond acceptors (Lipinski definition) is 2. The molecule has 2 nitrogen and oxygen atoms in total. The van der Waals surface area contributed by atoms with Gasteiger partial charge in [-0.3, -0.25) is 0 Å². The fourth-order valence-corrected chi connectivity index (χ4v) is 3.45. The van der Waals surface area contributed by atoms with Crippen molar-refractivity contribution >= 4 is 17.3 Å². The summed E-state index contributed by atoms with van der Waals surface area (Å²) < 4.78 is 0. The Bertz CT molecular complexity index is 477. The molecule has 1 saturated heterocycles. The smallest absolute Gasteiger partial charge is 0.0643 e. The molecule has 21 heavy (non-hydrogen) atoms. The average molecular weight is 309 g/mol. The summed E-state index contributed by atoms with van der Waals surface area (Å²) in [7, 11) is 0. The molecular weight excluding hydrogens is 280 g/mol. The molecule has 1 fully saturated rings. The summed E-state index contributed by atoms with van der Waals surface area (Å²) in [6, 6.07) is 6.90. The van der Waals surface area contributed by atoms with Crippen LogP contribution in [0.3, 0.4) is 0 Å². The Hall–Kier alpha value is -0.730. The van der Waals surface area contributed by atoms with Gasteiger partial charge in [-0.2, -0.15) is 0 Å². The Morgan fingerprint density at radius 3 is 2.67 bits per heavy atom. The molecule has 0 spiro atoms. The second kappa shape index (κ2) is 6.58. The molecule has 0 bridgehead atoms. The van der Waals surface area contributed by atoms with Crippen molar-refractivity contribution in [2.45, 2.75) is 65.6 Å². The van der Waals surface area contributed by atoms with Crippen LogP contribution in [0.2, 0.25) is 5.02 Å². The normalized spacial score (nSPS) is 19.6. The number of nitrogens with zero attached hydrogens (tertiary/aromatic N) is 1. The Labute approximate surface area is 134 Å². The van der Waals surface area contributed by atoms with Crippen molar-refractivity contribution < 1.29 is 0 Å². The van der Waals surface area contributed by atoms with E-state index in [4.69, 9.17) is 11.6 Å². The van der Waals surface area contributed by atoms with Crippen molar-refractivity contribution in [1.82, 2.24) is 5.32 Å². The molecule has 0 saturated carbocycles. The standard InChI is InChI=1S/C18H29ClN2/c1-13(2)16-10-7-11-21(16)17-14(8-6-9-15(17)19)12-20-18(3,4)5/h6,8-9,13,16,20H,7,10-12H2,1-5H3. The third kappa shape index (κ3) is 4.14. The molecule has 0 aromatic heterocycles. The molecule has 1 aliphatic rings. The predicted molar refractivity (Wildman–Crippen MR) is 93.3 cm³/mol. The first-order valence-corrected chi connectivity index (χ1v) is 8.46. The number of benzene rings is 1. The van der Waals surface area contributed by atoms with Gasteiger partial charge in [0.05, 0.1) is 10.7 Å². The molecule has 0 radical (unpaired) electrons. The number of anilines is 1. The van der Waals surface area contributed by atoms with Gasteiger partial charge in [0.1, 0.15) is 0 Å². The lowest BCUT2D eigenvalue weighted by atomic mass is 10.0. The van der Waals surface area contributed by atoms with Crippen LogP contribution < -0.4 is 10.2 Å². The topological polar surface area (TPSA) is 15.3 Å². The molecule has 3 heteroatoms. The molecule has 0 aliphatic carbocycles. The van der Waals surface area contributed by atoms with E-state index >= 15 is 0 Å². The third-order valence-electron chi connectivity index (χ3n) is 4.24. The van der Waals surface area contributed by atoms with Crippen molar-refractivity contribution in [2.24, 2.45) is 5.92 Å². The molecule has 0 amide bonds. The van der Waals surface area contributed by atoms with E-state index in [9.17, 15) is 0 Å². The monoisotopic (exact) mass is 308 g/mol. The highest BCUT2D eigenvalue weighted by Crippen LogP contribution is 2.37. The van der Waals surface area contributed by atoms with Crippen LogP contribution in [-0.4, -0.2) is 18.1 Å².